The van der Waals surface area contributed by atoms with E-state index in [2.05, 4.69) is 0 Å². The fourth-order valence-electron chi connectivity index (χ4n) is 1.65. The molecule has 5 nitrogen and oxygen atoms in total. The third-order valence-corrected chi connectivity index (χ3v) is 2.62. The molecule has 0 aliphatic carbocycles. The van der Waals surface area contributed by atoms with Crippen LogP contribution < -0.4 is 0 Å². The SMILES string of the molecule is O=CC(CCCCC(=O)O)CCCCC(=O)O. The van der Waals surface area contributed by atoms with Gasteiger partial charge in [-0.3, -0.25) is 9.59 Å². The van der Waals surface area contributed by atoms with Crippen molar-refractivity contribution in [1.82, 2.24) is 0 Å². The summed E-state index contributed by atoms with van der Waals surface area (Å²) in [5.41, 5.74) is 0. The number of aldehydes is 1. The van der Waals surface area contributed by atoms with Gasteiger partial charge in [0.2, 0.25) is 0 Å². The van der Waals surface area contributed by atoms with E-state index in [1.165, 1.54) is 0 Å². The molecule has 0 aromatic carbocycles. The summed E-state index contributed by atoms with van der Waals surface area (Å²) in [5.74, 6) is -1.68. The topological polar surface area (TPSA) is 91.7 Å². The molecular formula is C12H20O5. The van der Waals surface area contributed by atoms with Gasteiger partial charge in [0.05, 0.1) is 0 Å². The van der Waals surface area contributed by atoms with E-state index >= 15 is 0 Å². The smallest absolute Gasteiger partial charge is 0.303 e. The van der Waals surface area contributed by atoms with Crippen molar-refractivity contribution in [3.8, 4) is 0 Å². The third kappa shape index (κ3) is 10.9. The van der Waals surface area contributed by atoms with Crippen molar-refractivity contribution in [2.45, 2.75) is 51.4 Å². The zero-order valence-electron chi connectivity index (χ0n) is 9.93. The molecule has 0 spiro atoms. The predicted molar refractivity (Wildman–Crippen MR) is 61.8 cm³/mol. The monoisotopic (exact) mass is 244 g/mol. The maximum atomic E-state index is 10.7. The van der Waals surface area contributed by atoms with Gasteiger partial charge in [-0.1, -0.05) is 12.8 Å². The van der Waals surface area contributed by atoms with Crippen molar-refractivity contribution in [3.63, 3.8) is 0 Å². The summed E-state index contributed by atoms with van der Waals surface area (Å²) in [5, 5.41) is 16.9. The number of unbranched alkanes of at least 4 members (excludes halogenated alkanes) is 2. The summed E-state index contributed by atoms with van der Waals surface area (Å²) in [6.07, 6.45) is 5.22. The number of carboxylic acids is 2. The van der Waals surface area contributed by atoms with Crippen molar-refractivity contribution in [2.75, 3.05) is 0 Å². The predicted octanol–water partition coefficient (Wildman–Crippen LogP) is 2.09. The molecule has 0 aromatic heterocycles. The standard InChI is InChI=1S/C12H20O5/c13-9-10(5-1-3-7-11(14)15)6-2-4-8-12(16)17/h9-10H,1-8H2,(H,14,15)(H,16,17). The average molecular weight is 244 g/mol. The van der Waals surface area contributed by atoms with Crippen molar-refractivity contribution in [1.29, 1.82) is 0 Å². The third-order valence-electron chi connectivity index (χ3n) is 2.62. The van der Waals surface area contributed by atoms with Gasteiger partial charge in [0.1, 0.15) is 6.29 Å². The van der Waals surface area contributed by atoms with Gasteiger partial charge in [-0.2, -0.15) is 0 Å². The lowest BCUT2D eigenvalue weighted by atomic mass is 9.96. The normalized spacial score (nSPS) is 10.4. The van der Waals surface area contributed by atoms with Gasteiger partial charge in [-0.25, -0.2) is 0 Å². The lowest BCUT2D eigenvalue weighted by Gasteiger charge is -2.08. The van der Waals surface area contributed by atoms with E-state index in [-0.39, 0.29) is 18.8 Å². The highest BCUT2D eigenvalue weighted by Gasteiger charge is 2.08. The van der Waals surface area contributed by atoms with Crippen LogP contribution in [0.3, 0.4) is 0 Å². The molecule has 0 saturated heterocycles. The molecule has 0 fully saturated rings. The summed E-state index contributed by atoms with van der Waals surface area (Å²) in [6.45, 7) is 0. The van der Waals surface area contributed by atoms with Crippen LogP contribution in [0.4, 0.5) is 0 Å². The maximum absolute atomic E-state index is 10.7. The van der Waals surface area contributed by atoms with E-state index in [9.17, 15) is 14.4 Å². The molecule has 0 amide bonds. The zero-order valence-corrected chi connectivity index (χ0v) is 9.93. The highest BCUT2D eigenvalue weighted by molar-refractivity contribution is 5.66. The van der Waals surface area contributed by atoms with Crippen molar-refractivity contribution >= 4 is 18.2 Å². The summed E-state index contributed by atoms with van der Waals surface area (Å²) in [7, 11) is 0. The summed E-state index contributed by atoms with van der Waals surface area (Å²) >= 11 is 0. The molecule has 5 heteroatoms. The first kappa shape index (κ1) is 15.6. The summed E-state index contributed by atoms with van der Waals surface area (Å²) in [6, 6.07) is 0. The number of carbonyl (C=O) groups is 3. The lowest BCUT2D eigenvalue weighted by Crippen LogP contribution is -2.04. The number of hydrogen-bond donors (Lipinski definition) is 2. The minimum atomic E-state index is -0.811. The van der Waals surface area contributed by atoms with E-state index < -0.39 is 11.9 Å². The Labute approximate surface area is 101 Å². The van der Waals surface area contributed by atoms with Crippen LogP contribution in [0.1, 0.15) is 51.4 Å². The van der Waals surface area contributed by atoms with E-state index in [0.29, 0.717) is 25.7 Å². The Morgan fingerprint density at radius 3 is 1.59 bits per heavy atom. The van der Waals surface area contributed by atoms with Gasteiger partial charge in [0.15, 0.2) is 0 Å². The molecule has 17 heavy (non-hydrogen) atoms. The van der Waals surface area contributed by atoms with Crippen LogP contribution in [0.15, 0.2) is 0 Å². The number of hydrogen-bond acceptors (Lipinski definition) is 3. The van der Waals surface area contributed by atoms with E-state index in [1.807, 2.05) is 0 Å². The molecule has 0 saturated carbocycles. The van der Waals surface area contributed by atoms with Crippen LogP contribution in [-0.2, 0) is 14.4 Å². The van der Waals surface area contributed by atoms with E-state index in [1.54, 1.807) is 0 Å². The highest BCUT2D eigenvalue weighted by Crippen LogP contribution is 2.15. The van der Waals surface area contributed by atoms with E-state index in [4.69, 9.17) is 10.2 Å². The molecule has 0 atom stereocenters. The number of carbonyl (C=O) groups excluding carboxylic acids is 1. The first-order valence-electron chi connectivity index (χ1n) is 5.95. The number of aliphatic carboxylic acids is 2. The van der Waals surface area contributed by atoms with E-state index in [0.717, 1.165) is 19.1 Å². The van der Waals surface area contributed by atoms with Crippen LogP contribution in [0.2, 0.25) is 0 Å². The van der Waals surface area contributed by atoms with Crippen molar-refractivity contribution in [3.05, 3.63) is 0 Å². The van der Waals surface area contributed by atoms with Crippen LogP contribution in [0.25, 0.3) is 0 Å². The Kier molecular flexibility index (Phi) is 9.01. The molecule has 0 radical (unpaired) electrons. The van der Waals surface area contributed by atoms with Crippen LogP contribution in [-0.4, -0.2) is 28.4 Å². The van der Waals surface area contributed by atoms with Crippen LogP contribution >= 0.6 is 0 Å². The Hall–Kier alpha value is -1.39. The number of carboxylic acid groups (broad SMARTS) is 2. The second-order valence-corrected chi connectivity index (χ2v) is 4.18. The fraction of sp³-hybridized carbons (Fsp3) is 0.750. The largest absolute Gasteiger partial charge is 0.481 e. The van der Waals surface area contributed by atoms with Crippen LogP contribution in [0.5, 0.6) is 0 Å². The first-order chi connectivity index (χ1) is 8.06. The Bertz CT molecular complexity index is 227. The van der Waals surface area contributed by atoms with Gasteiger partial charge >= 0.3 is 11.9 Å². The molecule has 0 heterocycles. The molecular weight excluding hydrogens is 224 g/mol. The van der Waals surface area contributed by atoms with Gasteiger partial charge in [0, 0.05) is 18.8 Å². The van der Waals surface area contributed by atoms with Gasteiger partial charge in [0.25, 0.3) is 0 Å². The summed E-state index contributed by atoms with van der Waals surface area (Å²) in [4.78, 5) is 31.3. The highest BCUT2D eigenvalue weighted by atomic mass is 16.4. The van der Waals surface area contributed by atoms with Gasteiger partial charge < -0.3 is 15.0 Å². The second kappa shape index (κ2) is 9.81. The van der Waals surface area contributed by atoms with Crippen molar-refractivity contribution < 1.29 is 24.6 Å². The zero-order chi connectivity index (χ0) is 13.1. The minimum absolute atomic E-state index is 0.0578. The molecule has 0 rings (SSSR count). The van der Waals surface area contributed by atoms with Crippen LogP contribution in [0, 0.1) is 5.92 Å². The Morgan fingerprint density at radius 2 is 1.29 bits per heavy atom. The molecule has 0 bridgehead atoms. The minimum Gasteiger partial charge on any atom is -0.481 e. The average Bonchev–Trinajstić information content (AvgIpc) is 2.26. The van der Waals surface area contributed by atoms with Crippen molar-refractivity contribution in [2.24, 2.45) is 5.92 Å². The molecule has 0 aliphatic heterocycles. The molecule has 0 unspecified atom stereocenters. The quantitative estimate of drug-likeness (QED) is 0.429. The molecule has 98 valence electrons. The molecule has 0 aromatic rings. The second-order valence-electron chi connectivity index (χ2n) is 4.18. The first-order valence-corrected chi connectivity index (χ1v) is 5.95. The fourth-order valence-corrected chi connectivity index (χ4v) is 1.65. The Morgan fingerprint density at radius 1 is 0.882 bits per heavy atom. The summed E-state index contributed by atoms with van der Waals surface area (Å²) < 4.78 is 0. The number of rotatable bonds is 11. The molecule has 2 N–H and O–H groups in total. The van der Waals surface area contributed by atoms with Gasteiger partial charge in [-0.05, 0) is 25.7 Å². The Balaban J connectivity index is 3.52. The maximum Gasteiger partial charge on any atom is 0.303 e. The molecule has 0 aliphatic rings. The lowest BCUT2D eigenvalue weighted by molar-refractivity contribution is -0.138. The van der Waals surface area contributed by atoms with Gasteiger partial charge in [-0.15, -0.1) is 0 Å².